The van der Waals surface area contributed by atoms with Crippen molar-refractivity contribution >= 4 is 29.9 Å². The fourth-order valence-electron chi connectivity index (χ4n) is 3.63. The van der Waals surface area contributed by atoms with Crippen LogP contribution in [0.3, 0.4) is 0 Å². The molecule has 1 atom stereocenters. The number of rotatable bonds is 10. The van der Waals surface area contributed by atoms with Gasteiger partial charge in [-0.1, -0.05) is 35.8 Å². The van der Waals surface area contributed by atoms with E-state index < -0.39 is 0 Å². The molecule has 1 fully saturated rings. The van der Waals surface area contributed by atoms with Crippen LogP contribution in [0.1, 0.15) is 69.0 Å². The number of aromatic nitrogens is 2. The minimum Gasteiger partial charge on any atom is -0.371 e. The van der Waals surface area contributed by atoms with E-state index in [1.165, 1.54) is 43.5 Å². The molecule has 0 bridgehead atoms. The number of guanidine groups is 1. The molecule has 178 valence electrons. The topological polar surface area (TPSA) is 87.8 Å². The molecular weight excluding hydrogens is 519 g/mol. The number of ether oxygens (including phenoxy) is 1. The Morgan fingerprint density at radius 1 is 1.12 bits per heavy atom. The van der Waals surface area contributed by atoms with Crippen LogP contribution in [0.25, 0.3) is 0 Å². The summed E-state index contributed by atoms with van der Waals surface area (Å²) in [6.45, 7) is 11.8. The van der Waals surface area contributed by atoms with E-state index in [4.69, 9.17) is 9.26 Å². The first-order valence-corrected chi connectivity index (χ1v) is 11.4. The molecule has 0 saturated carbocycles. The van der Waals surface area contributed by atoms with Gasteiger partial charge in [-0.3, -0.25) is 4.90 Å². The number of likely N-dealkylation sites (tertiary alicyclic amines) is 1. The van der Waals surface area contributed by atoms with E-state index in [0.29, 0.717) is 31.4 Å². The van der Waals surface area contributed by atoms with Crippen LogP contribution in [0.5, 0.6) is 0 Å². The van der Waals surface area contributed by atoms with Crippen molar-refractivity contribution < 1.29 is 9.26 Å². The van der Waals surface area contributed by atoms with Crippen molar-refractivity contribution in [2.24, 2.45) is 4.99 Å². The molecule has 0 amide bonds. The third kappa shape index (κ3) is 8.67. The number of hydrogen-bond acceptors (Lipinski definition) is 6. The summed E-state index contributed by atoms with van der Waals surface area (Å²) in [5, 5.41) is 10.5. The van der Waals surface area contributed by atoms with Gasteiger partial charge in [0.25, 0.3) is 0 Å². The molecule has 1 aliphatic rings. The molecule has 1 aromatic heterocycles. The normalized spacial score (nSPS) is 15.8. The lowest BCUT2D eigenvalue weighted by atomic mass is 10.1. The van der Waals surface area contributed by atoms with Gasteiger partial charge in [0.05, 0.1) is 13.1 Å². The maximum absolute atomic E-state index is 5.50. The van der Waals surface area contributed by atoms with Crippen LogP contribution >= 0.6 is 24.0 Å². The van der Waals surface area contributed by atoms with Crippen LogP contribution in [-0.2, 0) is 24.4 Å². The number of nitrogens with one attached hydrogen (secondary N) is 2. The van der Waals surface area contributed by atoms with Gasteiger partial charge in [-0.05, 0) is 57.8 Å². The lowest BCUT2D eigenvalue weighted by molar-refractivity contribution is 0.0683. The van der Waals surface area contributed by atoms with Crippen molar-refractivity contribution in [2.45, 2.75) is 65.8 Å². The molecule has 1 unspecified atom stereocenters. The van der Waals surface area contributed by atoms with Gasteiger partial charge in [-0.15, -0.1) is 24.0 Å². The van der Waals surface area contributed by atoms with E-state index in [0.717, 1.165) is 19.0 Å². The molecule has 1 aliphatic heterocycles. The second-order valence-corrected chi connectivity index (χ2v) is 7.85. The number of hydrogen-bond donors (Lipinski definition) is 2. The quantitative estimate of drug-likeness (QED) is 0.260. The Kier molecular flexibility index (Phi) is 12.0. The molecule has 3 rings (SSSR count). The summed E-state index contributed by atoms with van der Waals surface area (Å²) in [4.78, 5) is 11.6. The zero-order chi connectivity index (χ0) is 21.9. The van der Waals surface area contributed by atoms with Crippen molar-refractivity contribution in [3.05, 3.63) is 47.1 Å². The lowest BCUT2D eigenvalue weighted by Crippen LogP contribution is -2.36. The van der Waals surface area contributed by atoms with Gasteiger partial charge in [0.1, 0.15) is 6.10 Å². The van der Waals surface area contributed by atoms with E-state index in [1.807, 2.05) is 20.8 Å². The monoisotopic (exact) mass is 556 g/mol. The zero-order valence-corrected chi connectivity index (χ0v) is 21.8. The third-order valence-electron chi connectivity index (χ3n) is 5.31. The average Bonchev–Trinajstić information content (AvgIpc) is 3.27. The maximum Gasteiger partial charge on any atom is 0.246 e. The summed E-state index contributed by atoms with van der Waals surface area (Å²) >= 11 is 0. The van der Waals surface area contributed by atoms with Gasteiger partial charge >= 0.3 is 0 Å². The zero-order valence-electron chi connectivity index (χ0n) is 19.5. The van der Waals surface area contributed by atoms with Crippen LogP contribution in [0.4, 0.5) is 0 Å². The maximum atomic E-state index is 5.50. The van der Waals surface area contributed by atoms with Gasteiger partial charge in [0, 0.05) is 19.7 Å². The first-order valence-electron chi connectivity index (χ1n) is 11.4. The first kappa shape index (κ1) is 26.5. The Bertz CT molecular complexity index is 805. The summed E-state index contributed by atoms with van der Waals surface area (Å²) in [7, 11) is 0. The molecular formula is C23H37IN6O2. The first-order chi connectivity index (χ1) is 15.2. The summed E-state index contributed by atoms with van der Waals surface area (Å²) in [5.74, 6) is 1.79. The molecule has 0 radical (unpaired) electrons. The fraction of sp³-hybridized carbons (Fsp3) is 0.609. The molecule has 0 aliphatic carbocycles. The predicted octanol–water partition coefficient (Wildman–Crippen LogP) is 4.03. The molecule has 9 heteroatoms. The van der Waals surface area contributed by atoms with Gasteiger partial charge < -0.3 is 19.9 Å². The van der Waals surface area contributed by atoms with E-state index in [2.05, 4.69) is 54.9 Å². The van der Waals surface area contributed by atoms with Gasteiger partial charge in [-0.2, -0.15) is 4.98 Å². The summed E-state index contributed by atoms with van der Waals surface area (Å²) in [6.07, 6.45) is 3.84. The Balaban J connectivity index is 0.00000363. The van der Waals surface area contributed by atoms with Crippen molar-refractivity contribution in [2.75, 3.05) is 26.2 Å². The van der Waals surface area contributed by atoms with E-state index >= 15 is 0 Å². The van der Waals surface area contributed by atoms with Crippen LogP contribution in [0.15, 0.2) is 33.8 Å². The second kappa shape index (κ2) is 14.4. The van der Waals surface area contributed by atoms with Crippen molar-refractivity contribution in [1.29, 1.82) is 0 Å². The Labute approximate surface area is 208 Å². The van der Waals surface area contributed by atoms with Crippen LogP contribution in [0, 0.1) is 0 Å². The highest BCUT2D eigenvalue weighted by molar-refractivity contribution is 14.0. The Morgan fingerprint density at radius 2 is 1.84 bits per heavy atom. The SMILES string of the molecule is CCNC(=NCc1ccc(CN2CCCCC2)cc1)NCc1nc(C(C)OCC)no1.I. The van der Waals surface area contributed by atoms with Crippen LogP contribution in [0.2, 0.25) is 0 Å². The third-order valence-corrected chi connectivity index (χ3v) is 5.31. The number of aliphatic imine (C=N–C) groups is 1. The van der Waals surface area contributed by atoms with Gasteiger partial charge in [-0.25, -0.2) is 4.99 Å². The second-order valence-electron chi connectivity index (χ2n) is 7.85. The van der Waals surface area contributed by atoms with Crippen LogP contribution < -0.4 is 10.6 Å². The Morgan fingerprint density at radius 3 is 2.53 bits per heavy atom. The highest BCUT2D eigenvalue weighted by Gasteiger charge is 2.14. The molecule has 1 saturated heterocycles. The molecule has 2 N–H and O–H groups in total. The highest BCUT2D eigenvalue weighted by Crippen LogP contribution is 2.14. The lowest BCUT2D eigenvalue weighted by Gasteiger charge is -2.26. The number of piperidine rings is 1. The van der Waals surface area contributed by atoms with E-state index in [1.54, 1.807) is 0 Å². The molecule has 8 nitrogen and oxygen atoms in total. The number of halogens is 1. The predicted molar refractivity (Wildman–Crippen MR) is 137 cm³/mol. The molecule has 1 aromatic carbocycles. The van der Waals surface area contributed by atoms with E-state index in [9.17, 15) is 0 Å². The van der Waals surface area contributed by atoms with Crippen LogP contribution in [-0.4, -0.2) is 47.2 Å². The highest BCUT2D eigenvalue weighted by atomic mass is 127. The smallest absolute Gasteiger partial charge is 0.246 e. The minimum absolute atomic E-state index is 0. The number of benzene rings is 1. The average molecular weight is 556 g/mol. The standard InChI is InChI=1S/C23H36N6O2.HI/c1-4-24-23(26-16-21-27-22(28-31-21)18(3)30-5-2)25-15-19-9-11-20(12-10-19)17-29-13-7-6-8-14-29;/h9-12,18H,4-8,13-17H2,1-3H3,(H2,24,25,26);1H. The van der Waals surface area contributed by atoms with Crippen molar-refractivity contribution in [1.82, 2.24) is 25.7 Å². The number of nitrogens with zero attached hydrogens (tertiary/aromatic N) is 4. The minimum atomic E-state index is -0.178. The van der Waals surface area contributed by atoms with Gasteiger partial charge in [0.15, 0.2) is 11.8 Å². The summed E-state index contributed by atoms with van der Waals surface area (Å²) < 4.78 is 10.8. The van der Waals surface area contributed by atoms with Gasteiger partial charge in [0.2, 0.25) is 5.89 Å². The molecule has 32 heavy (non-hydrogen) atoms. The van der Waals surface area contributed by atoms with Crippen molar-refractivity contribution in [3.63, 3.8) is 0 Å². The fourth-order valence-corrected chi connectivity index (χ4v) is 3.63. The summed E-state index contributed by atoms with van der Waals surface area (Å²) in [6, 6.07) is 8.79. The molecule has 2 heterocycles. The molecule has 0 spiro atoms. The van der Waals surface area contributed by atoms with E-state index in [-0.39, 0.29) is 30.1 Å². The summed E-state index contributed by atoms with van der Waals surface area (Å²) in [5.41, 5.74) is 2.55. The largest absolute Gasteiger partial charge is 0.371 e. The van der Waals surface area contributed by atoms with Crippen molar-refractivity contribution in [3.8, 4) is 0 Å². The Hall–Kier alpha value is -1.72. The molecule has 2 aromatic rings.